The van der Waals surface area contributed by atoms with Crippen LogP contribution in [0.25, 0.3) is 11.1 Å². The first-order valence-corrected chi connectivity index (χ1v) is 12.3. The first kappa shape index (κ1) is 28.1. The predicted molar refractivity (Wildman–Crippen MR) is 148 cm³/mol. The smallest absolute Gasteiger partial charge is 0.123 e. The van der Waals surface area contributed by atoms with Gasteiger partial charge in [-0.25, -0.2) is 9.78 Å². The van der Waals surface area contributed by atoms with Crippen molar-refractivity contribution in [2.45, 2.75) is 105 Å². The highest BCUT2D eigenvalue weighted by atomic mass is 17.2. The van der Waals surface area contributed by atoms with Gasteiger partial charge in [0.2, 0.25) is 0 Å². The third-order valence-corrected chi connectivity index (χ3v) is 6.30. The summed E-state index contributed by atoms with van der Waals surface area (Å²) in [6.45, 7) is 34.3. The molecule has 0 radical (unpaired) electrons. The summed E-state index contributed by atoms with van der Waals surface area (Å²) in [5.41, 5.74) is 7.68. The zero-order valence-electron chi connectivity index (χ0n) is 23.7. The molecule has 2 nitrogen and oxygen atoms in total. The molecule has 0 spiro atoms. The van der Waals surface area contributed by atoms with Gasteiger partial charge >= 0.3 is 0 Å². The maximum atomic E-state index is 6.32. The number of hydrogen-bond acceptors (Lipinski definition) is 2. The number of allylic oxidation sites excluding steroid dienone is 2. The quantitative estimate of drug-likeness (QED) is 0.301. The van der Waals surface area contributed by atoms with Crippen LogP contribution in [-0.2, 0) is 31.8 Å². The van der Waals surface area contributed by atoms with Crippen molar-refractivity contribution in [2.24, 2.45) is 0 Å². The summed E-state index contributed by atoms with van der Waals surface area (Å²) in [6.07, 6.45) is 0. The van der Waals surface area contributed by atoms with Gasteiger partial charge in [-0.1, -0.05) is 102 Å². The van der Waals surface area contributed by atoms with Gasteiger partial charge in [0, 0.05) is 0 Å². The van der Waals surface area contributed by atoms with Gasteiger partial charge in [-0.05, 0) is 85.8 Å². The molecule has 34 heavy (non-hydrogen) atoms. The molecule has 0 aliphatic heterocycles. The fourth-order valence-electron chi connectivity index (χ4n) is 4.73. The Balaban J connectivity index is 2.54. The minimum Gasteiger partial charge on any atom is -0.225 e. The third-order valence-electron chi connectivity index (χ3n) is 6.30. The Morgan fingerprint density at radius 2 is 0.853 bits per heavy atom. The van der Waals surface area contributed by atoms with Gasteiger partial charge in [0.1, 0.15) is 11.2 Å². The molecule has 0 aliphatic rings. The van der Waals surface area contributed by atoms with E-state index in [1.54, 1.807) is 0 Å². The highest BCUT2D eigenvalue weighted by Crippen LogP contribution is 2.42. The van der Waals surface area contributed by atoms with Crippen LogP contribution >= 0.6 is 0 Å². The molecule has 2 aromatic rings. The summed E-state index contributed by atoms with van der Waals surface area (Å²) >= 11 is 0. The summed E-state index contributed by atoms with van der Waals surface area (Å²) in [5.74, 6) is 0. The van der Waals surface area contributed by atoms with Crippen LogP contribution in [0.3, 0.4) is 0 Å². The van der Waals surface area contributed by atoms with Gasteiger partial charge in [0.25, 0.3) is 0 Å². The highest BCUT2D eigenvalue weighted by molar-refractivity contribution is 5.68. The molecule has 186 valence electrons. The molecule has 2 rings (SSSR count). The lowest BCUT2D eigenvalue weighted by molar-refractivity contribution is -0.410. The fraction of sp³-hybridized carbons (Fsp3) is 0.500. The topological polar surface area (TPSA) is 18.5 Å². The van der Waals surface area contributed by atoms with Crippen LogP contribution in [0.1, 0.15) is 116 Å². The van der Waals surface area contributed by atoms with Gasteiger partial charge in [-0.2, -0.15) is 0 Å². The first-order valence-electron chi connectivity index (χ1n) is 12.3. The predicted octanol–water partition coefficient (Wildman–Crippen LogP) is 9.47. The Hall–Kier alpha value is -2.16. The molecule has 0 saturated carbocycles. The summed E-state index contributed by atoms with van der Waals surface area (Å²) in [6, 6.07) is 12.7. The van der Waals surface area contributed by atoms with E-state index < -0.39 is 11.2 Å². The van der Waals surface area contributed by atoms with E-state index in [2.05, 4.69) is 133 Å². The molecular weight excluding hydrogens is 416 g/mol. The van der Waals surface area contributed by atoms with E-state index in [1.807, 2.05) is 0 Å². The third kappa shape index (κ3) is 5.90. The zero-order chi connectivity index (χ0) is 26.3. The van der Waals surface area contributed by atoms with E-state index >= 15 is 0 Å². The molecule has 0 atom stereocenters. The standard InChI is InChI=1S/C32H46O2/c1-21(2)23-17-15-19-25(27(23)29(5,6)7)31(11,12)33-34-32(13,14)26-20-16-18-24(22(3)4)28(26)30(8,9)10/h15-20H,1,3H2,2,4-14H3. The van der Waals surface area contributed by atoms with Crippen LogP contribution in [0.4, 0.5) is 0 Å². The van der Waals surface area contributed by atoms with Crippen molar-refractivity contribution >= 4 is 11.1 Å². The Bertz CT molecular complexity index is 982. The van der Waals surface area contributed by atoms with Gasteiger partial charge in [0.05, 0.1) is 0 Å². The minimum absolute atomic E-state index is 0.0732. The first-order chi connectivity index (χ1) is 15.3. The Labute approximate surface area is 209 Å². The maximum absolute atomic E-state index is 6.32. The second-order valence-corrected chi connectivity index (χ2v) is 12.7. The number of benzene rings is 2. The summed E-state index contributed by atoms with van der Waals surface area (Å²) in [4.78, 5) is 12.6. The molecule has 0 fully saturated rings. The summed E-state index contributed by atoms with van der Waals surface area (Å²) in [7, 11) is 0. The average molecular weight is 463 g/mol. The van der Waals surface area contributed by atoms with Crippen LogP contribution in [0.15, 0.2) is 49.6 Å². The normalized spacial score (nSPS) is 13.2. The van der Waals surface area contributed by atoms with Crippen molar-refractivity contribution in [3.05, 3.63) is 82.9 Å². The van der Waals surface area contributed by atoms with E-state index in [4.69, 9.17) is 9.78 Å². The fourth-order valence-corrected chi connectivity index (χ4v) is 4.73. The zero-order valence-corrected chi connectivity index (χ0v) is 23.7. The summed E-state index contributed by atoms with van der Waals surface area (Å²) in [5, 5.41) is 0. The van der Waals surface area contributed by atoms with Crippen LogP contribution < -0.4 is 0 Å². The largest absolute Gasteiger partial charge is 0.225 e. The van der Waals surface area contributed by atoms with Crippen molar-refractivity contribution in [3.8, 4) is 0 Å². The second-order valence-electron chi connectivity index (χ2n) is 12.7. The molecule has 0 N–H and O–H groups in total. The molecule has 2 aromatic carbocycles. The van der Waals surface area contributed by atoms with Gasteiger partial charge in [0.15, 0.2) is 0 Å². The monoisotopic (exact) mass is 462 g/mol. The van der Waals surface area contributed by atoms with Crippen LogP contribution in [0.2, 0.25) is 0 Å². The Morgan fingerprint density at radius 1 is 0.559 bits per heavy atom. The summed E-state index contributed by atoms with van der Waals surface area (Å²) < 4.78 is 0. The lowest BCUT2D eigenvalue weighted by atomic mass is 9.75. The van der Waals surface area contributed by atoms with E-state index in [1.165, 1.54) is 22.3 Å². The van der Waals surface area contributed by atoms with E-state index in [-0.39, 0.29) is 10.8 Å². The molecule has 0 aliphatic carbocycles. The van der Waals surface area contributed by atoms with Crippen molar-refractivity contribution in [1.29, 1.82) is 0 Å². The molecule has 0 aromatic heterocycles. The van der Waals surface area contributed by atoms with Crippen LogP contribution in [0, 0.1) is 0 Å². The van der Waals surface area contributed by atoms with E-state index in [9.17, 15) is 0 Å². The molecule has 0 heterocycles. The van der Waals surface area contributed by atoms with Crippen LogP contribution in [-0.4, -0.2) is 0 Å². The van der Waals surface area contributed by atoms with Crippen molar-refractivity contribution in [1.82, 2.24) is 0 Å². The molecule has 0 bridgehead atoms. The van der Waals surface area contributed by atoms with Crippen molar-refractivity contribution < 1.29 is 9.78 Å². The van der Waals surface area contributed by atoms with Crippen LogP contribution in [0.5, 0.6) is 0 Å². The maximum Gasteiger partial charge on any atom is 0.123 e. The minimum atomic E-state index is -0.667. The van der Waals surface area contributed by atoms with Crippen molar-refractivity contribution in [3.63, 3.8) is 0 Å². The lowest BCUT2D eigenvalue weighted by Gasteiger charge is -2.38. The number of hydrogen-bond donors (Lipinski definition) is 0. The van der Waals surface area contributed by atoms with Gasteiger partial charge in [-0.15, -0.1) is 0 Å². The molecule has 0 amide bonds. The van der Waals surface area contributed by atoms with E-state index in [0.717, 1.165) is 22.3 Å². The second kappa shape index (κ2) is 9.47. The SMILES string of the molecule is C=C(C)c1cccc(C(C)(C)OOC(C)(C)c2cccc(C(=C)C)c2C(C)(C)C)c1C(C)(C)C. The lowest BCUT2D eigenvalue weighted by Crippen LogP contribution is -2.34. The van der Waals surface area contributed by atoms with E-state index in [0.29, 0.717) is 0 Å². The highest BCUT2D eigenvalue weighted by Gasteiger charge is 2.37. The Morgan fingerprint density at radius 3 is 1.09 bits per heavy atom. The Kier molecular flexibility index (Phi) is 7.82. The van der Waals surface area contributed by atoms with Crippen molar-refractivity contribution in [2.75, 3.05) is 0 Å². The molecule has 2 heteroatoms. The van der Waals surface area contributed by atoms with Gasteiger partial charge < -0.3 is 0 Å². The van der Waals surface area contributed by atoms with Gasteiger partial charge in [-0.3, -0.25) is 0 Å². The number of rotatable bonds is 7. The molecular formula is C32H46O2. The molecule has 0 saturated heterocycles. The average Bonchev–Trinajstić information content (AvgIpc) is 2.70. The molecule has 0 unspecified atom stereocenters.